The number of anilines is 1. The lowest BCUT2D eigenvalue weighted by molar-refractivity contribution is -0.116. The predicted molar refractivity (Wildman–Crippen MR) is 60.4 cm³/mol. The minimum atomic E-state index is -3.66. The normalized spacial score (nSPS) is 11.1. The van der Waals surface area contributed by atoms with E-state index in [0.29, 0.717) is 0 Å². The maximum absolute atomic E-state index is 11.6. The van der Waals surface area contributed by atoms with E-state index in [-0.39, 0.29) is 4.90 Å². The van der Waals surface area contributed by atoms with E-state index in [1.165, 1.54) is 12.1 Å². The molecule has 0 aromatic heterocycles. The van der Waals surface area contributed by atoms with Crippen LogP contribution in [0.2, 0.25) is 0 Å². The Kier molecular flexibility index (Phi) is 3.86. The van der Waals surface area contributed by atoms with Crippen LogP contribution in [0.25, 0.3) is 0 Å². The highest BCUT2D eigenvalue weighted by molar-refractivity contribution is 7.89. The Morgan fingerprint density at radius 3 is 2.31 bits per heavy atom. The van der Waals surface area contributed by atoms with Gasteiger partial charge in [0, 0.05) is 12.7 Å². The van der Waals surface area contributed by atoms with E-state index in [1.807, 2.05) is 0 Å². The monoisotopic (exact) mass is 243 g/mol. The summed E-state index contributed by atoms with van der Waals surface area (Å²) in [5.41, 5.74) is 5.65. The molecule has 6 nitrogen and oxygen atoms in total. The van der Waals surface area contributed by atoms with Crippen molar-refractivity contribution in [3.05, 3.63) is 24.3 Å². The second-order valence-electron chi connectivity index (χ2n) is 3.07. The number of nitrogens with one attached hydrogen (secondary N) is 2. The lowest BCUT2D eigenvalue weighted by Gasteiger charge is -2.05. The van der Waals surface area contributed by atoms with Crippen molar-refractivity contribution in [3.8, 4) is 0 Å². The van der Waals surface area contributed by atoms with Crippen LogP contribution in [0.4, 0.5) is 5.69 Å². The van der Waals surface area contributed by atoms with Crippen LogP contribution < -0.4 is 15.8 Å². The molecule has 7 heteroatoms. The minimum absolute atomic E-state index is 0.0905. The summed E-state index contributed by atoms with van der Waals surface area (Å²) in [6.07, 6.45) is 0. The number of primary amides is 1. The van der Waals surface area contributed by atoms with Gasteiger partial charge in [-0.05, 0) is 24.3 Å². The highest BCUT2D eigenvalue weighted by atomic mass is 32.2. The van der Waals surface area contributed by atoms with Gasteiger partial charge in [-0.1, -0.05) is 0 Å². The van der Waals surface area contributed by atoms with Crippen LogP contribution in [0.1, 0.15) is 0 Å². The van der Waals surface area contributed by atoms with Crippen LogP contribution in [0.3, 0.4) is 0 Å². The molecule has 1 aromatic carbocycles. The van der Waals surface area contributed by atoms with Crippen molar-refractivity contribution in [2.24, 2.45) is 5.73 Å². The molecule has 0 spiro atoms. The summed E-state index contributed by atoms with van der Waals surface area (Å²) in [6, 6.07) is 6.13. The van der Waals surface area contributed by atoms with Gasteiger partial charge < -0.3 is 11.1 Å². The molecule has 16 heavy (non-hydrogen) atoms. The van der Waals surface area contributed by atoms with Crippen molar-refractivity contribution in [2.45, 2.75) is 4.90 Å². The van der Waals surface area contributed by atoms with E-state index in [9.17, 15) is 13.2 Å². The molecule has 1 aromatic rings. The van der Waals surface area contributed by atoms with Gasteiger partial charge in [-0.25, -0.2) is 13.1 Å². The standard InChI is InChI=1S/C9H13N3O3S/c1-11-7-2-4-8(5-3-7)16(14,15)12-6-9(10)13/h2-5,11-12H,6H2,1H3,(H2,10,13). The zero-order valence-electron chi connectivity index (χ0n) is 8.73. The maximum atomic E-state index is 11.6. The summed E-state index contributed by atoms with van der Waals surface area (Å²) in [4.78, 5) is 10.6. The molecule has 0 saturated heterocycles. The molecule has 0 aliphatic carbocycles. The van der Waals surface area contributed by atoms with E-state index >= 15 is 0 Å². The van der Waals surface area contributed by atoms with Crippen LogP contribution in [0.15, 0.2) is 29.2 Å². The van der Waals surface area contributed by atoms with E-state index in [4.69, 9.17) is 5.73 Å². The number of carbonyl (C=O) groups excluding carboxylic acids is 1. The molecule has 0 aliphatic heterocycles. The van der Waals surface area contributed by atoms with Gasteiger partial charge in [0.2, 0.25) is 15.9 Å². The fourth-order valence-corrected chi connectivity index (χ4v) is 2.04. The molecule has 0 bridgehead atoms. The van der Waals surface area contributed by atoms with Gasteiger partial charge in [0.25, 0.3) is 0 Å². The maximum Gasteiger partial charge on any atom is 0.241 e. The third-order valence-corrected chi connectivity index (χ3v) is 3.31. The number of hydrogen-bond donors (Lipinski definition) is 3. The van der Waals surface area contributed by atoms with Gasteiger partial charge in [0.15, 0.2) is 0 Å². The number of amides is 1. The number of sulfonamides is 1. The first-order chi connectivity index (χ1) is 7.45. The van der Waals surface area contributed by atoms with E-state index < -0.39 is 22.5 Å². The minimum Gasteiger partial charge on any atom is -0.388 e. The van der Waals surface area contributed by atoms with Crippen molar-refractivity contribution in [2.75, 3.05) is 18.9 Å². The zero-order valence-corrected chi connectivity index (χ0v) is 9.54. The predicted octanol–water partition coefficient (Wildman–Crippen LogP) is -0.508. The summed E-state index contributed by atoms with van der Waals surface area (Å²) in [6.45, 7) is -0.407. The third kappa shape index (κ3) is 3.21. The largest absolute Gasteiger partial charge is 0.388 e. The Bertz CT molecular complexity index is 467. The van der Waals surface area contributed by atoms with Gasteiger partial charge in [-0.3, -0.25) is 4.79 Å². The lowest BCUT2D eigenvalue weighted by Crippen LogP contribution is -2.33. The second kappa shape index (κ2) is 4.95. The molecule has 0 fully saturated rings. The van der Waals surface area contributed by atoms with Gasteiger partial charge in [-0.2, -0.15) is 0 Å². The Hall–Kier alpha value is -1.60. The fourth-order valence-electron chi connectivity index (χ4n) is 1.05. The first kappa shape index (κ1) is 12.5. The zero-order chi connectivity index (χ0) is 12.2. The smallest absolute Gasteiger partial charge is 0.241 e. The molecule has 0 saturated carbocycles. The Labute approximate surface area is 93.9 Å². The van der Waals surface area contributed by atoms with Crippen molar-refractivity contribution in [3.63, 3.8) is 0 Å². The number of hydrogen-bond acceptors (Lipinski definition) is 4. The summed E-state index contributed by atoms with van der Waals surface area (Å²) < 4.78 is 25.3. The van der Waals surface area contributed by atoms with Crippen molar-refractivity contribution < 1.29 is 13.2 Å². The molecule has 0 radical (unpaired) electrons. The summed E-state index contributed by atoms with van der Waals surface area (Å²) in [5.74, 6) is -0.726. The molecular formula is C9H13N3O3S. The fraction of sp³-hybridized carbons (Fsp3) is 0.222. The summed E-state index contributed by atoms with van der Waals surface area (Å²) in [5, 5.41) is 2.87. The first-order valence-electron chi connectivity index (χ1n) is 4.51. The molecule has 0 aliphatic rings. The average Bonchev–Trinajstić information content (AvgIpc) is 2.27. The summed E-state index contributed by atoms with van der Waals surface area (Å²) in [7, 11) is -1.93. The lowest BCUT2D eigenvalue weighted by atomic mass is 10.3. The second-order valence-corrected chi connectivity index (χ2v) is 4.83. The molecular weight excluding hydrogens is 230 g/mol. The Morgan fingerprint density at radius 1 is 1.31 bits per heavy atom. The molecule has 4 N–H and O–H groups in total. The van der Waals surface area contributed by atoms with Gasteiger partial charge in [0.05, 0.1) is 11.4 Å². The molecule has 0 heterocycles. The van der Waals surface area contributed by atoms with Crippen molar-refractivity contribution in [1.29, 1.82) is 0 Å². The first-order valence-corrected chi connectivity index (χ1v) is 6.00. The third-order valence-electron chi connectivity index (χ3n) is 1.89. The van der Waals surface area contributed by atoms with Gasteiger partial charge in [-0.15, -0.1) is 0 Å². The quantitative estimate of drug-likeness (QED) is 0.648. The Morgan fingerprint density at radius 2 is 1.88 bits per heavy atom. The number of benzene rings is 1. The van der Waals surface area contributed by atoms with E-state index in [0.717, 1.165) is 5.69 Å². The van der Waals surface area contributed by atoms with Gasteiger partial charge in [0.1, 0.15) is 0 Å². The average molecular weight is 243 g/mol. The van der Waals surface area contributed by atoms with Crippen LogP contribution >= 0.6 is 0 Å². The number of nitrogens with two attached hydrogens (primary N) is 1. The van der Waals surface area contributed by atoms with Crippen molar-refractivity contribution >= 4 is 21.6 Å². The van der Waals surface area contributed by atoms with Crippen LogP contribution in [-0.4, -0.2) is 27.9 Å². The topological polar surface area (TPSA) is 101 Å². The van der Waals surface area contributed by atoms with E-state index in [2.05, 4.69) is 10.0 Å². The number of rotatable bonds is 5. The van der Waals surface area contributed by atoms with Crippen LogP contribution in [0, 0.1) is 0 Å². The van der Waals surface area contributed by atoms with Gasteiger partial charge >= 0.3 is 0 Å². The molecule has 0 unspecified atom stereocenters. The number of carbonyl (C=O) groups is 1. The van der Waals surface area contributed by atoms with Crippen molar-refractivity contribution in [1.82, 2.24) is 4.72 Å². The van der Waals surface area contributed by atoms with Crippen LogP contribution in [0.5, 0.6) is 0 Å². The SMILES string of the molecule is CNc1ccc(S(=O)(=O)NCC(N)=O)cc1. The molecule has 1 rings (SSSR count). The highest BCUT2D eigenvalue weighted by Crippen LogP contribution is 2.12. The Balaban J connectivity index is 2.85. The molecule has 1 amide bonds. The summed E-state index contributed by atoms with van der Waals surface area (Å²) >= 11 is 0. The van der Waals surface area contributed by atoms with Crippen LogP contribution in [-0.2, 0) is 14.8 Å². The van der Waals surface area contributed by atoms with E-state index in [1.54, 1.807) is 19.2 Å². The molecule has 0 atom stereocenters. The molecule has 88 valence electrons. The highest BCUT2D eigenvalue weighted by Gasteiger charge is 2.13.